The molecule has 21 heavy (non-hydrogen) atoms. The summed E-state index contributed by atoms with van der Waals surface area (Å²) >= 11 is 0. The van der Waals surface area contributed by atoms with E-state index >= 15 is 0 Å². The van der Waals surface area contributed by atoms with Gasteiger partial charge < -0.3 is 19.9 Å². The third-order valence-electron chi connectivity index (χ3n) is 4.39. The summed E-state index contributed by atoms with van der Waals surface area (Å²) in [6, 6.07) is 8.48. The van der Waals surface area contributed by atoms with Crippen LogP contribution in [0.4, 0.5) is 11.4 Å². The average Bonchev–Trinajstić information content (AvgIpc) is 2.56. The van der Waals surface area contributed by atoms with Crippen LogP contribution in [0.2, 0.25) is 0 Å². The molecule has 0 radical (unpaired) electrons. The maximum absolute atomic E-state index is 11.2. The summed E-state index contributed by atoms with van der Waals surface area (Å²) in [7, 11) is 0. The minimum atomic E-state index is 0.126. The highest BCUT2D eigenvalue weighted by atomic mass is 16.1. The van der Waals surface area contributed by atoms with Crippen molar-refractivity contribution in [1.29, 1.82) is 0 Å². The summed E-state index contributed by atoms with van der Waals surface area (Å²) in [5.74, 6) is 0.360. The van der Waals surface area contributed by atoms with Gasteiger partial charge in [-0.05, 0) is 37.1 Å². The number of rotatable bonds is 3. The Hall–Kier alpha value is -2.04. The number of nitrogens with zero attached hydrogens (tertiary/aromatic N) is 2. The summed E-state index contributed by atoms with van der Waals surface area (Å²) in [4.78, 5) is 26.5. The lowest BCUT2D eigenvalue weighted by Crippen LogP contribution is -2.45. The Balaban J connectivity index is 1.62. The van der Waals surface area contributed by atoms with E-state index in [1.54, 1.807) is 0 Å². The first kappa shape index (κ1) is 13.9. The lowest BCUT2D eigenvalue weighted by atomic mass is 9.98. The summed E-state index contributed by atoms with van der Waals surface area (Å²) in [5, 5.41) is 2.86. The van der Waals surface area contributed by atoms with Gasteiger partial charge in [-0.2, -0.15) is 0 Å². The Labute approximate surface area is 124 Å². The zero-order chi connectivity index (χ0) is 14.7. The molecule has 5 heteroatoms. The Morgan fingerprint density at radius 2 is 1.62 bits per heavy atom. The smallest absolute Gasteiger partial charge is 0.223 e. The van der Waals surface area contributed by atoms with E-state index in [9.17, 15) is 9.59 Å². The molecule has 1 N–H and O–H groups in total. The van der Waals surface area contributed by atoms with E-state index in [4.69, 9.17) is 0 Å². The summed E-state index contributed by atoms with van der Waals surface area (Å²) < 4.78 is 0. The molecule has 1 aromatic rings. The van der Waals surface area contributed by atoms with Crippen LogP contribution in [0.15, 0.2) is 24.3 Å². The van der Waals surface area contributed by atoms with Crippen molar-refractivity contribution in [2.45, 2.75) is 19.3 Å². The Kier molecular flexibility index (Phi) is 4.08. The van der Waals surface area contributed by atoms with E-state index in [0.29, 0.717) is 13.1 Å². The summed E-state index contributed by atoms with van der Waals surface area (Å²) in [6.07, 6.45) is 3.54. The molecule has 0 aliphatic carbocycles. The van der Waals surface area contributed by atoms with Crippen molar-refractivity contribution in [3.8, 4) is 0 Å². The SMILES string of the molecule is O=CC1CCN(c2ccc(N3CCC(=O)NC3)cc2)CC1. The fourth-order valence-corrected chi connectivity index (χ4v) is 2.98. The van der Waals surface area contributed by atoms with Gasteiger partial charge in [-0.25, -0.2) is 0 Å². The van der Waals surface area contributed by atoms with Crippen LogP contribution in [0.1, 0.15) is 19.3 Å². The quantitative estimate of drug-likeness (QED) is 0.854. The highest BCUT2D eigenvalue weighted by molar-refractivity contribution is 5.78. The Bertz CT molecular complexity index is 497. The van der Waals surface area contributed by atoms with E-state index in [0.717, 1.165) is 44.4 Å². The van der Waals surface area contributed by atoms with Crippen molar-refractivity contribution in [2.75, 3.05) is 36.1 Å². The number of carbonyl (C=O) groups is 2. The minimum Gasteiger partial charge on any atom is -0.371 e. The molecule has 0 unspecified atom stereocenters. The van der Waals surface area contributed by atoms with Crippen molar-refractivity contribution >= 4 is 23.6 Å². The van der Waals surface area contributed by atoms with Gasteiger partial charge in [-0.3, -0.25) is 4.79 Å². The molecule has 2 saturated heterocycles. The third-order valence-corrected chi connectivity index (χ3v) is 4.39. The molecule has 2 aliphatic rings. The van der Waals surface area contributed by atoms with Crippen LogP contribution in [-0.2, 0) is 9.59 Å². The standard InChI is InChI=1S/C16H21N3O2/c20-11-13-5-8-18(9-6-13)14-1-3-15(4-2-14)19-10-7-16(21)17-12-19/h1-4,11,13H,5-10,12H2,(H,17,21). The van der Waals surface area contributed by atoms with Crippen LogP contribution < -0.4 is 15.1 Å². The maximum Gasteiger partial charge on any atom is 0.223 e. The summed E-state index contributed by atoms with van der Waals surface area (Å²) in [5.41, 5.74) is 2.35. The van der Waals surface area contributed by atoms with Gasteiger partial charge in [0.05, 0.1) is 6.67 Å². The molecule has 0 aromatic heterocycles. The van der Waals surface area contributed by atoms with Gasteiger partial charge >= 0.3 is 0 Å². The van der Waals surface area contributed by atoms with E-state index in [2.05, 4.69) is 39.4 Å². The average molecular weight is 287 g/mol. The molecule has 1 amide bonds. The molecule has 0 atom stereocenters. The molecule has 112 valence electrons. The number of hydrogen-bond donors (Lipinski definition) is 1. The van der Waals surface area contributed by atoms with Crippen LogP contribution in [0.25, 0.3) is 0 Å². The third kappa shape index (κ3) is 3.17. The zero-order valence-electron chi connectivity index (χ0n) is 12.1. The second-order valence-corrected chi connectivity index (χ2v) is 5.75. The van der Waals surface area contributed by atoms with Crippen LogP contribution in [-0.4, -0.2) is 38.5 Å². The number of anilines is 2. The predicted octanol–water partition coefficient (Wildman–Crippen LogP) is 1.39. The Morgan fingerprint density at radius 3 is 2.14 bits per heavy atom. The van der Waals surface area contributed by atoms with Gasteiger partial charge in [-0.15, -0.1) is 0 Å². The van der Waals surface area contributed by atoms with Crippen molar-refractivity contribution < 1.29 is 9.59 Å². The normalized spacial score (nSPS) is 20.3. The fraction of sp³-hybridized carbons (Fsp3) is 0.500. The largest absolute Gasteiger partial charge is 0.371 e. The zero-order valence-corrected chi connectivity index (χ0v) is 12.1. The summed E-state index contributed by atoms with van der Waals surface area (Å²) in [6.45, 7) is 3.25. The number of nitrogens with one attached hydrogen (secondary N) is 1. The van der Waals surface area contributed by atoms with Crippen LogP contribution >= 0.6 is 0 Å². The molecule has 2 aliphatic heterocycles. The molecular weight excluding hydrogens is 266 g/mol. The van der Waals surface area contributed by atoms with Crippen molar-refractivity contribution in [3.63, 3.8) is 0 Å². The second kappa shape index (κ2) is 6.16. The first-order chi connectivity index (χ1) is 10.3. The highest BCUT2D eigenvalue weighted by Crippen LogP contribution is 2.25. The lowest BCUT2D eigenvalue weighted by molar-refractivity contribution is -0.121. The van der Waals surface area contributed by atoms with Crippen LogP contribution in [0.3, 0.4) is 0 Å². The first-order valence-corrected chi connectivity index (χ1v) is 7.58. The van der Waals surface area contributed by atoms with Gasteiger partial charge in [0.1, 0.15) is 6.29 Å². The number of piperidine rings is 1. The number of carbonyl (C=O) groups excluding carboxylic acids is 2. The van der Waals surface area contributed by atoms with Gasteiger partial charge in [0.15, 0.2) is 0 Å². The second-order valence-electron chi connectivity index (χ2n) is 5.75. The van der Waals surface area contributed by atoms with Gasteiger partial charge in [0.2, 0.25) is 5.91 Å². The number of hydrogen-bond acceptors (Lipinski definition) is 4. The van der Waals surface area contributed by atoms with Crippen molar-refractivity contribution in [3.05, 3.63) is 24.3 Å². The molecule has 1 aromatic carbocycles. The molecule has 0 bridgehead atoms. The molecule has 5 nitrogen and oxygen atoms in total. The number of amides is 1. The molecule has 3 rings (SSSR count). The van der Waals surface area contributed by atoms with E-state index < -0.39 is 0 Å². The molecule has 0 spiro atoms. The van der Waals surface area contributed by atoms with Crippen LogP contribution in [0, 0.1) is 5.92 Å². The molecule has 0 saturated carbocycles. The van der Waals surface area contributed by atoms with Gasteiger partial charge in [0, 0.05) is 43.3 Å². The number of aldehydes is 1. The lowest BCUT2D eigenvalue weighted by Gasteiger charge is -2.32. The predicted molar refractivity (Wildman–Crippen MR) is 82.4 cm³/mol. The van der Waals surface area contributed by atoms with Crippen LogP contribution in [0.5, 0.6) is 0 Å². The van der Waals surface area contributed by atoms with E-state index in [1.165, 1.54) is 5.69 Å². The molecule has 2 fully saturated rings. The molecular formula is C16H21N3O2. The monoisotopic (exact) mass is 287 g/mol. The topological polar surface area (TPSA) is 52.7 Å². The van der Waals surface area contributed by atoms with E-state index in [1.807, 2.05) is 0 Å². The molecule has 2 heterocycles. The van der Waals surface area contributed by atoms with Crippen molar-refractivity contribution in [1.82, 2.24) is 5.32 Å². The first-order valence-electron chi connectivity index (χ1n) is 7.58. The van der Waals surface area contributed by atoms with E-state index in [-0.39, 0.29) is 11.8 Å². The maximum atomic E-state index is 11.2. The van der Waals surface area contributed by atoms with Crippen molar-refractivity contribution in [2.24, 2.45) is 5.92 Å². The number of benzene rings is 1. The Morgan fingerprint density at radius 1 is 1.00 bits per heavy atom. The fourth-order valence-electron chi connectivity index (χ4n) is 2.98. The minimum absolute atomic E-state index is 0.126. The highest BCUT2D eigenvalue weighted by Gasteiger charge is 2.19. The van der Waals surface area contributed by atoms with Gasteiger partial charge in [0.25, 0.3) is 0 Å². The van der Waals surface area contributed by atoms with Gasteiger partial charge in [-0.1, -0.05) is 0 Å².